The molecular formula is C7H10ClN3. The van der Waals surface area contributed by atoms with Gasteiger partial charge in [0.2, 0.25) is 0 Å². The van der Waals surface area contributed by atoms with Crippen molar-refractivity contribution in [1.82, 2.24) is 4.90 Å². The van der Waals surface area contributed by atoms with E-state index in [0.717, 1.165) is 0 Å². The zero-order valence-electron chi connectivity index (χ0n) is 6.42. The Balaban J connectivity index is 3.47. The van der Waals surface area contributed by atoms with Gasteiger partial charge >= 0.3 is 0 Å². The van der Waals surface area contributed by atoms with Gasteiger partial charge in [0.15, 0.2) is 0 Å². The summed E-state index contributed by atoms with van der Waals surface area (Å²) < 4.78 is 0. The summed E-state index contributed by atoms with van der Waals surface area (Å²) in [6, 6.07) is 3.94. The lowest BCUT2D eigenvalue weighted by Crippen LogP contribution is -2.26. The van der Waals surface area contributed by atoms with Gasteiger partial charge in [-0.3, -0.25) is 0 Å². The van der Waals surface area contributed by atoms with Crippen LogP contribution in [0.4, 0.5) is 0 Å². The molecule has 0 bridgehead atoms. The van der Waals surface area contributed by atoms with E-state index in [1.54, 1.807) is 0 Å². The van der Waals surface area contributed by atoms with E-state index < -0.39 is 5.38 Å². The zero-order chi connectivity index (χ0) is 8.69. The lowest BCUT2D eigenvalue weighted by atomic mass is 10.4. The van der Waals surface area contributed by atoms with E-state index in [0.29, 0.717) is 19.5 Å². The highest BCUT2D eigenvalue weighted by Gasteiger charge is 2.05. The van der Waals surface area contributed by atoms with Crippen LogP contribution in [0, 0.1) is 22.7 Å². The van der Waals surface area contributed by atoms with Crippen molar-refractivity contribution in [3.63, 3.8) is 0 Å². The lowest BCUT2D eigenvalue weighted by Gasteiger charge is -2.14. The smallest absolute Gasteiger partial charge is 0.133 e. The summed E-state index contributed by atoms with van der Waals surface area (Å²) in [5.41, 5.74) is 0. The standard InChI is InChI=1S/C7H10ClN3/c1-11(4-2-3-9)6-7(8)5-10/h7H,2,4,6H2,1H3. The topological polar surface area (TPSA) is 50.8 Å². The van der Waals surface area contributed by atoms with E-state index >= 15 is 0 Å². The molecule has 0 heterocycles. The second-order valence-electron chi connectivity index (χ2n) is 2.27. The van der Waals surface area contributed by atoms with Crippen molar-refractivity contribution in [1.29, 1.82) is 10.5 Å². The number of nitriles is 2. The van der Waals surface area contributed by atoms with Crippen LogP contribution >= 0.6 is 11.6 Å². The number of alkyl halides is 1. The maximum Gasteiger partial charge on any atom is 0.133 e. The van der Waals surface area contributed by atoms with Gasteiger partial charge in [-0.25, -0.2) is 0 Å². The first kappa shape index (κ1) is 10.2. The van der Waals surface area contributed by atoms with Gasteiger partial charge < -0.3 is 4.90 Å². The molecule has 0 fully saturated rings. The molecule has 0 rings (SSSR count). The highest BCUT2D eigenvalue weighted by atomic mass is 35.5. The molecule has 0 aliphatic carbocycles. The predicted octanol–water partition coefficient (Wildman–Crippen LogP) is 0.963. The summed E-state index contributed by atoms with van der Waals surface area (Å²) >= 11 is 5.55. The van der Waals surface area contributed by atoms with Crippen LogP contribution in [0.25, 0.3) is 0 Å². The minimum absolute atomic E-state index is 0.473. The molecule has 0 aromatic carbocycles. The second-order valence-corrected chi connectivity index (χ2v) is 2.79. The van der Waals surface area contributed by atoms with Gasteiger partial charge in [0.25, 0.3) is 0 Å². The van der Waals surface area contributed by atoms with Crippen molar-refractivity contribution in [2.45, 2.75) is 11.8 Å². The molecule has 1 atom stereocenters. The van der Waals surface area contributed by atoms with Crippen LogP contribution < -0.4 is 0 Å². The van der Waals surface area contributed by atoms with Crippen molar-refractivity contribution < 1.29 is 0 Å². The molecule has 1 unspecified atom stereocenters. The van der Waals surface area contributed by atoms with Crippen molar-refractivity contribution in [3.8, 4) is 12.1 Å². The van der Waals surface area contributed by atoms with Crippen molar-refractivity contribution in [2.24, 2.45) is 0 Å². The van der Waals surface area contributed by atoms with Gasteiger partial charge in [-0.15, -0.1) is 11.6 Å². The van der Waals surface area contributed by atoms with E-state index in [4.69, 9.17) is 22.1 Å². The fourth-order valence-corrected chi connectivity index (χ4v) is 0.882. The maximum absolute atomic E-state index is 8.34. The van der Waals surface area contributed by atoms with Crippen LogP contribution in [-0.4, -0.2) is 30.4 Å². The molecule has 0 saturated carbocycles. The molecule has 0 radical (unpaired) electrons. The van der Waals surface area contributed by atoms with Gasteiger partial charge in [0.1, 0.15) is 5.38 Å². The summed E-state index contributed by atoms with van der Waals surface area (Å²) in [5, 5.41) is 16.1. The van der Waals surface area contributed by atoms with Crippen LogP contribution in [0.3, 0.4) is 0 Å². The first-order valence-corrected chi connectivity index (χ1v) is 3.73. The van der Waals surface area contributed by atoms with Gasteiger partial charge in [0.05, 0.1) is 12.1 Å². The summed E-state index contributed by atoms with van der Waals surface area (Å²) in [6.45, 7) is 1.18. The average molecular weight is 172 g/mol. The van der Waals surface area contributed by atoms with Gasteiger partial charge in [-0.05, 0) is 7.05 Å². The Kier molecular flexibility index (Phi) is 5.56. The summed E-state index contributed by atoms with van der Waals surface area (Å²) in [7, 11) is 1.84. The molecular weight excluding hydrogens is 162 g/mol. The van der Waals surface area contributed by atoms with Crippen LogP contribution in [0.2, 0.25) is 0 Å². The predicted molar refractivity (Wildman–Crippen MR) is 43.0 cm³/mol. The molecule has 0 saturated heterocycles. The van der Waals surface area contributed by atoms with Crippen LogP contribution in [0.15, 0.2) is 0 Å². The van der Waals surface area contributed by atoms with Crippen molar-refractivity contribution in [2.75, 3.05) is 20.1 Å². The zero-order valence-corrected chi connectivity index (χ0v) is 7.17. The van der Waals surface area contributed by atoms with Crippen molar-refractivity contribution >= 4 is 11.6 Å². The van der Waals surface area contributed by atoms with Crippen LogP contribution in [0.5, 0.6) is 0 Å². The largest absolute Gasteiger partial charge is 0.303 e. The lowest BCUT2D eigenvalue weighted by molar-refractivity contribution is 0.352. The van der Waals surface area contributed by atoms with E-state index in [-0.39, 0.29) is 0 Å². The molecule has 4 heteroatoms. The second kappa shape index (κ2) is 5.97. The molecule has 0 amide bonds. The third kappa shape index (κ3) is 5.66. The molecule has 0 aliphatic rings. The minimum atomic E-state index is -0.473. The summed E-state index contributed by atoms with van der Waals surface area (Å²) in [5.74, 6) is 0. The number of halogens is 1. The number of rotatable bonds is 4. The normalized spacial score (nSPS) is 12.1. The molecule has 0 aromatic heterocycles. The molecule has 0 N–H and O–H groups in total. The summed E-state index contributed by atoms with van der Waals surface area (Å²) in [6.07, 6.45) is 0.478. The first-order valence-electron chi connectivity index (χ1n) is 3.30. The fraction of sp³-hybridized carbons (Fsp3) is 0.714. The molecule has 60 valence electrons. The monoisotopic (exact) mass is 171 g/mol. The van der Waals surface area contributed by atoms with E-state index in [1.807, 2.05) is 24.1 Å². The molecule has 3 nitrogen and oxygen atoms in total. The fourth-order valence-electron chi connectivity index (χ4n) is 0.647. The Morgan fingerprint density at radius 1 is 1.55 bits per heavy atom. The van der Waals surface area contributed by atoms with Crippen molar-refractivity contribution in [3.05, 3.63) is 0 Å². The third-order valence-corrected chi connectivity index (χ3v) is 1.45. The number of hydrogen-bond donors (Lipinski definition) is 0. The van der Waals surface area contributed by atoms with Crippen LogP contribution in [-0.2, 0) is 0 Å². The summed E-state index contributed by atoms with van der Waals surface area (Å²) in [4.78, 5) is 1.87. The molecule has 0 aliphatic heterocycles. The highest BCUT2D eigenvalue weighted by Crippen LogP contribution is 1.96. The van der Waals surface area contributed by atoms with E-state index in [9.17, 15) is 0 Å². The number of nitrogens with zero attached hydrogens (tertiary/aromatic N) is 3. The van der Waals surface area contributed by atoms with Gasteiger partial charge in [-0.1, -0.05) is 0 Å². The van der Waals surface area contributed by atoms with E-state index in [2.05, 4.69) is 0 Å². The maximum atomic E-state index is 8.34. The Bertz CT molecular complexity index is 179. The Labute approximate surface area is 71.8 Å². The first-order chi connectivity index (χ1) is 5.20. The average Bonchev–Trinajstić information content (AvgIpc) is 2.00. The number of hydrogen-bond acceptors (Lipinski definition) is 3. The van der Waals surface area contributed by atoms with Crippen LogP contribution in [0.1, 0.15) is 6.42 Å². The Morgan fingerprint density at radius 2 is 2.18 bits per heavy atom. The highest BCUT2D eigenvalue weighted by molar-refractivity contribution is 6.22. The Morgan fingerprint density at radius 3 is 2.64 bits per heavy atom. The van der Waals surface area contributed by atoms with E-state index in [1.165, 1.54) is 0 Å². The Hall–Kier alpha value is -0.770. The quantitative estimate of drug-likeness (QED) is 0.593. The minimum Gasteiger partial charge on any atom is -0.303 e. The van der Waals surface area contributed by atoms with Gasteiger partial charge in [0, 0.05) is 19.5 Å². The molecule has 0 spiro atoms. The molecule has 0 aromatic rings. The van der Waals surface area contributed by atoms with Gasteiger partial charge in [-0.2, -0.15) is 10.5 Å². The molecule has 11 heavy (non-hydrogen) atoms. The SMILES string of the molecule is CN(CCC#N)CC(Cl)C#N. The third-order valence-electron chi connectivity index (χ3n) is 1.22.